The Balaban J connectivity index is 4.71. The first kappa shape index (κ1) is 13.5. The van der Waals surface area contributed by atoms with Gasteiger partial charge in [-0.05, 0) is 13.3 Å². The van der Waals surface area contributed by atoms with E-state index < -0.39 is 23.9 Å². The van der Waals surface area contributed by atoms with Gasteiger partial charge in [0.05, 0.1) is 0 Å². The Bertz CT molecular complexity index is 289. The van der Waals surface area contributed by atoms with Crippen molar-refractivity contribution >= 4 is 11.9 Å². The van der Waals surface area contributed by atoms with Gasteiger partial charge in [0.1, 0.15) is 0 Å². The topological polar surface area (TPSA) is 69.4 Å². The Morgan fingerprint density at radius 3 is 2.27 bits per heavy atom. The molecule has 0 aromatic carbocycles. The Kier molecular flexibility index (Phi) is 4.39. The summed E-state index contributed by atoms with van der Waals surface area (Å²) >= 11 is 0. The van der Waals surface area contributed by atoms with Crippen LogP contribution in [0.4, 0.5) is 8.78 Å². The molecule has 0 spiro atoms. The second-order valence-electron chi connectivity index (χ2n) is 3.07. The first-order chi connectivity index (χ1) is 6.73. The second-order valence-corrected chi connectivity index (χ2v) is 3.07. The van der Waals surface area contributed by atoms with E-state index >= 15 is 0 Å². The van der Waals surface area contributed by atoms with Crippen molar-refractivity contribution in [2.45, 2.75) is 32.3 Å². The molecule has 1 amide bonds. The third-order valence-corrected chi connectivity index (χ3v) is 1.70. The van der Waals surface area contributed by atoms with E-state index in [0.29, 0.717) is 0 Å². The van der Waals surface area contributed by atoms with Gasteiger partial charge in [0.25, 0.3) is 5.91 Å². The summed E-state index contributed by atoms with van der Waals surface area (Å²) in [5.74, 6) is -6.65. The number of hydrogen-bond acceptors (Lipinski definition) is 3. The minimum Gasteiger partial charge on any atom is -0.452 e. The van der Waals surface area contributed by atoms with Crippen molar-refractivity contribution in [2.75, 3.05) is 0 Å². The van der Waals surface area contributed by atoms with Gasteiger partial charge >= 0.3 is 11.9 Å². The van der Waals surface area contributed by atoms with Crippen LogP contribution in [-0.2, 0) is 14.3 Å². The smallest absolute Gasteiger partial charge is 0.360 e. The van der Waals surface area contributed by atoms with Crippen molar-refractivity contribution in [2.24, 2.45) is 5.73 Å². The lowest BCUT2D eigenvalue weighted by molar-refractivity contribution is -0.177. The van der Waals surface area contributed by atoms with Crippen molar-refractivity contribution < 1.29 is 23.1 Å². The van der Waals surface area contributed by atoms with Crippen LogP contribution in [0.5, 0.6) is 0 Å². The number of ether oxygens (including phenoxy) is 1. The molecule has 2 N–H and O–H groups in total. The highest BCUT2D eigenvalue weighted by molar-refractivity contribution is 5.88. The minimum atomic E-state index is -3.86. The Morgan fingerprint density at radius 2 is 2.00 bits per heavy atom. The number of rotatable bonds is 5. The molecule has 15 heavy (non-hydrogen) atoms. The standard InChI is InChI=1S/C9H13F2NO3/c1-4-6(9(10,11)8(12)14)15-7(13)5(2)3/h6H,2,4H2,1,3H3,(H2,12,14). The second kappa shape index (κ2) is 4.86. The SMILES string of the molecule is C=C(C)C(=O)OC(CC)C(F)(F)C(N)=O. The predicted octanol–water partition coefficient (Wildman–Crippen LogP) is 1.00. The van der Waals surface area contributed by atoms with E-state index in [9.17, 15) is 18.4 Å². The molecule has 0 radical (unpaired) electrons. The molecule has 0 aromatic rings. The van der Waals surface area contributed by atoms with Crippen LogP contribution >= 0.6 is 0 Å². The molecule has 0 aromatic heterocycles. The zero-order chi connectivity index (χ0) is 12.2. The zero-order valence-corrected chi connectivity index (χ0v) is 8.55. The van der Waals surface area contributed by atoms with E-state index in [0.717, 1.165) is 0 Å². The number of esters is 1. The van der Waals surface area contributed by atoms with Crippen LogP contribution in [0.2, 0.25) is 0 Å². The fourth-order valence-electron chi connectivity index (χ4n) is 0.802. The summed E-state index contributed by atoms with van der Waals surface area (Å²) in [6.45, 7) is 5.91. The first-order valence-electron chi connectivity index (χ1n) is 4.27. The van der Waals surface area contributed by atoms with Crippen molar-refractivity contribution in [1.82, 2.24) is 0 Å². The Labute approximate surface area is 86.1 Å². The molecule has 0 saturated carbocycles. The molecule has 0 aliphatic rings. The number of nitrogens with two attached hydrogens (primary N) is 1. The number of carbonyl (C=O) groups is 2. The van der Waals surface area contributed by atoms with Crippen LogP contribution < -0.4 is 5.73 Å². The van der Waals surface area contributed by atoms with Crippen LogP contribution in [0, 0.1) is 0 Å². The fourth-order valence-corrected chi connectivity index (χ4v) is 0.802. The number of amides is 1. The average Bonchev–Trinajstić information content (AvgIpc) is 2.12. The van der Waals surface area contributed by atoms with Gasteiger partial charge in [0, 0.05) is 5.57 Å². The molecule has 0 aliphatic heterocycles. The predicted molar refractivity (Wildman–Crippen MR) is 49.1 cm³/mol. The molecular formula is C9H13F2NO3. The molecule has 0 aliphatic carbocycles. The molecule has 1 atom stereocenters. The maximum Gasteiger partial charge on any atom is 0.360 e. The highest BCUT2D eigenvalue weighted by Gasteiger charge is 2.47. The average molecular weight is 221 g/mol. The van der Waals surface area contributed by atoms with Crippen LogP contribution in [0.3, 0.4) is 0 Å². The molecule has 0 fully saturated rings. The van der Waals surface area contributed by atoms with E-state index in [-0.39, 0.29) is 12.0 Å². The van der Waals surface area contributed by atoms with Crippen molar-refractivity contribution in [3.05, 3.63) is 12.2 Å². The minimum absolute atomic E-state index is 0.0197. The summed E-state index contributed by atoms with van der Waals surface area (Å²) in [5.41, 5.74) is 4.48. The van der Waals surface area contributed by atoms with E-state index in [1.54, 1.807) is 0 Å². The number of halogens is 2. The summed E-state index contributed by atoms with van der Waals surface area (Å²) < 4.78 is 30.5. The van der Waals surface area contributed by atoms with Gasteiger partial charge in [-0.3, -0.25) is 4.79 Å². The molecule has 86 valence electrons. The summed E-state index contributed by atoms with van der Waals surface area (Å²) in [6.07, 6.45) is -2.06. The highest BCUT2D eigenvalue weighted by atomic mass is 19.3. The lowest BCUT2D eigenvalue weighted by atomic mass is 10.1. The molecule has 6 heteroatoms. The Hall–Kier alpha value is -1.46. The summed E-state index contributed by atoms with van der Waals surface area (Å²) in [5, 5.41) is 0. The van der Waals surface area contributed by atoms with Gasteiger partial charge in [0.2, 0.25) is 0 Å². The van der Waals surface area contributed by atoms with Gasteiger partial charge in [-0.2, -0.15) is 8.78 Å². The van der Waals surface area contributed by atoms with E-state index in [4.69, 9.17) is 0 Å². The number of primary amides is 1. The molecular weight excluding hydrogens is 208 g/mol. The lowest BCUT2D eigenvalue weighted by Crippen LogP contribution is -2.47. The fraction of sp³-hybridized carbons (Fsp3) is 0.556. The highest BCUT2D eigenvalue weighted by Crippen LogP contribution is 2.24. The summed E-state index contributed by atoms with van der Waals surface area (Å²) in [6, 6.07) is 0. The number of alkyl halides is 2. The summed E-state index contributed by atoms with van der Waals surface area (Å²) in [7, 11) is 0. The molecule has 1 unspecified atom stereocenters. The van der Waals surface area contributed by atoms with Gasteiger partial charge < -0.3 is 10.5 Å². The van der Waals surface area contributed by atoms with Crippen LogP contribution in [0.25, 0.3) is 0 Å². The van der Waals surface area contributed by atoms with E-state index in [2.05, 4.69) is 17.0 Å². The molecule has 0 heterocycles. The van der Waals surface area contributed by atoms with Gasteiger partial charge in [-0.15, -0.1) is 0 Å². The Morgan fingerprint density at radius 1 is 1.53 bits per heavy atom. The lowest BCUT2D eigenvalue weighted by Gasteiger charge is -2.22. The maximum atomic E-state index is 13.1. The maximum absolute atomic E-state index is 13.1. The largest absolute Gasteiger partial charge is 0.452 e. The van der Waals surface area contributed by atoms with Crippen molar-refractivity contribution in [1.29, 1.82) is 0 Å². The first-order valence-corrected chi connectivity index (χ1v) is 4.27. The van der Waals surface area contributed by atoms with Gasteiger partial charge in [-0.1, -0.05) is 13.5 Å². The van der Waals surface area contributed by atoms with Gasteiger partial charge in [-0.25, -0.2) is 4.79 Å². The third kappa shape index (κ3) is 3.30. The summed E-state index contributed by atoms with van der Waals surface area (Å²) in [4.78, 5) is 21.4. The normalized spacial score (nSPS) is 13.1. The molecule has 4 nitrogen and oxygen atoms in total. The molecule has 0 bridgehead atoms. The van der Waals surface area contributed by atoms with E-state index in [1.807, 2.05) is 0 Å². The third-order valence-electron chi connectivity index (χ3n) is 1.70. The number of carbonyl (C=O) groups excluding carboxylic acids is 2. The van der Waals surface area contributed by atoms with Crippen molar-refractivity contribution in [3.8, 4) is 0 Å². The van der Waals surface area contributed by atoms with Crippen LogP contribution in [0.15, 0.2) is 12.2 Å². The van der Waals surface area contributed by atoms with Crippen LogP contribution in [-0.4, -0.2) is 23.9 Å². The molecule has 0 rings (SSSR count). The molecule has 0 saturated heterocycles. The van der Waals surface area contributed by atoms with Crippen LogP contribution in [0.1, 0.15) is 20.3 Å². The zero-order valence-electron chi connectivity index (χ0n) is 8.55. The van der Waals surface area contributed by atoms with E-state index in [1.165, 1.54) is 13.8 Å². The monoisotopic (exact) mass is 221 g/mol. The quantitative estimate of drug-likeness (QED) is 0.556. The van der Waals surface area contributed by atoms with Crippen molar-refractivity contribution in [3.63, 3.8) is 0 Å². The number of hydrogen-bond donors (Lipinski definition) is 1. The van der Waals surface area contributed by atoms with Gasteiger partial charge in [0.15, 0.2) is 6.10 Å².